The van der Waals surface area contributed by atoms with Crippen molar-refractivity contribution in [2.24, 2.45) is 0 Å². The van der Waals surface area contributed by atoms with Crippen LogP contribution >= 0.6 is 11.6 Å². The lowest BCUT2D eigenvalue weighted by Crippen LogP contribution is -2.15. The lowest BCUT2D eigenvalue weighted by atomic mass is 10.3. The molecule has 0 aliphatic heterocycles. The number of pyridine rings is 1. The van der Waals surface area contributed by atoms with Crippen LogP contribution in [0, 0.1) is 0 Å². The lowest BCUT2D eigenvalue weighted by Gasteiger charge is -2.10. The zero-order chi connectivity index (χ0) is 15.5. The highest BCUT2D eigenvalue weighted by Crippen LogP contribution is 2.28. The number of anilines is 1. The predicted octanol–water partition coefficient (Wildman–Crippen LogP) is 2.04. The number of nitrogens with zero attached hydrogens (tertiary/aromatic N) is 1. The summed E-state index contributed by atoms with van der Waals surface area (Å²) >= 11 is 5.96. The van der Waals surface area contributed by atoms with Crippen LogP contribution in [0.15, 0.2) is 41.6 Å². The molecule has 0 bridgehead atoms. The van der Waals surface area contributed by atoms with Gasteiger partial charge in [-0.3, -0.25) is 4.72 Å². The highest BCUT2D eigenvalue weighted by atomic mass is 35.5. The number of halogens is 1. The van der Waals surface area contributed by atoms with Gasteiger partial charge in [-0.25, -0.2) is 4.98 Å². The van der Waals surface area contributed by atoms with Gasteiger partial charge in [0, 0.05) is 12.3 Å². The topological polar surface area (TPSA) is 88.5 Å². The number of aliphatic hydroxyl groups is 1. The number of rotatable bonds is 5. The number of aromatic nitrogens is 1. The minimum Gasteiger partial charge on any atom is -0.497 e. The Labute approximate surface area is 127 Å². The van der Waals surface area contributed by atoms with Gasteiger partial charge in [-0.2, -0.15) is 8.42 Å². The van der Waals surface area contributed by atoms with Crippen molar-refractivity contribution in [1.29, 1.82) is 0 Å². The average Bonchev–Trinajstić information content (AvgIpc) is 2.49. The van der Waals surface area contributed by atoms with Crippen molar-refractivity contribution in [3.63, 3.8) is 0 Å². The molecule has 0 aliphatic carbocycles. The summed E-state index contributed by atoms with van der Waals surface area (Å²) in [5.41, 5.74) is 0.720. The van der Waals surface area contributed by atoms with Crippen LogP contribution in [0.5, 0.6) is 5.75 Å². The molecule has 2 rings (SSSR count). The van der Waals surface area contributed by atoms with E-state index in [1.165, 1.54) is 37.6 Å². The highest BCUT2D eigenvalue weighted by molar-refractivity contribution is 7.92. The summed E-state index contributed by atoms with van der Waals surface area (Å²) in [6, 6.07) is 7.41. The molecule has 21 heavy (non-hydrogen) atoms. The number of hydrogen-bond acceptors (Lipinski definition) is 5. The maximum Gasteiger partial charge on any atom is 0.279 e. The standard InChI is InChI=1S/C13H13ClN2O4S/c1-20-10-3-4-11(14)12(6-10)16-21(18,19)13-5-2-9(8-17)7-15-13/h2-7,16-17H,8H2,1H3. The average molecular weight is 329 g/mol. The van der Waals surface area contributed by atoms with Gasteiger partial charge in [-0.05, 0) is 23.8 Å². The Hall–Kier alpha value is -1.83. The van der Waals surface area contributed by atoms with Gasteiger partial charge in [0.1, 0.15) is 5.75 Å². The van der Waals surface area contributed by atoms with E-state index in [9.17, 15) is 8.42 Å². The number of hydrogen-bond donors (Lipinski definition) is 2. The molecular formula is C13H13ClN2O4S. The second kappa shape index (κ2) is 6.30. The zero-order valence-corrected chi connectivity index (χ0v) is 12.6. The molecule has 1 aromatic carbocycles. The van der Waals surface area contributed by atoms with Gasteiger partial charge in [0.25, 0.3) is 10.0 Å². The summed E-state index contributed by atoms with van der Waals surface area (Å²) in [4.78, 5) is 3.80. The fourth-order valence-corrected chi connectivity index (χ4v) is 2.79. The molecule has 0 spiro atoms. The molecule has 1 heterocycles. The summed E-state index contributed by atoms with van der Waals surface area (Å²) in [5.74, 6) is 0.473. The molecule has 0 amide bonds. The van der Waals surface area contributed by atoms with Crippen molar-refractivity contribution in [3.05, 3.63) is 47.1 Å². The number of aliphatic hydroxyl groups excluding tert-OH is 1. The number of nitrogens with one attached hydrogen (secondary N) is 1. The van der Waals surface area contributed by atoms with Crippen molar-refractivity contribution in [1.82, 2.24) is 4.98 Å². The second-order valence-corrected chi connectivity index (χ2v) is 6.15. The monoisotopic (exact) mass is 328 g/mol. The first kappa shape index (κ1) is 15.6. The Balaban J connectivity index is 2.32. The molecule has 0 saturated carbocycles. The Morgan fingerprint density at radius 3 is 2.67 bits per heavy atom. The summed E-state index contributed by atoms with van der Waals surface area (Å²) in [7, 11) is -2.40. The fraction of sp³-hybridized carbons (Fsp3) is 0.154. The minimum absolute atomic E-state index is 0.168. The Kier molecular flexibility index (Phi) is 4.66. The minimum atomic E-state index is -3.87. The van der Waals surface area contributed by atoms with Crippen LogP contribution in [-0.2, 0) is 16.6 Å². The third kappa shape index (κ3) is 3.63. The van der Waals surface area contributed by atoms with Crippen LogP contribution in [0.1, 0.15) is 5.56 Å². The summed E-state index contributed by atoms with van der Waals surface area (Å²) in [6.07, 6.45) is 1.29. The van der Waals surface area contributed by atoms with E-state index in [2.05, 4.69) is 9.71 Å². The van der Waals surface area contributed by atoms with Crippen LogP contribution in [0.4, 0.5) is 5.69 Å². The number of methoxy groups -OCH3 is 1. The predicted molar refractivity (Wildman–Crippen MR) is 79.0 cm³/mol. The van der Waals surface area contributed by atoms with E-state index in [0.29, 0.717) is 11.3 Å². The van der Waals surface area contributed by atoms with Crippen molar-refractivity contribution in [2.75, 3.05) is 11.8 Å². The largest absolute Gasteiger partial charge is 0.497 e. The van der Waals surface area contributed by atoms with Gasteiger partial charge in [0.15, 0.2) is 5.03 Å². The Bertz CT molecular complexity index is 732. The molecule has 1 aromatic heterocycles. The van der Waals surface area contributed by atoms with Crippen LogP contribution in [0.3, 0.4) is 0 Å². The normalized spacial score (nSPS) is 11.2. The van der Waals surface area contributed by atoms with Gasteiger partial charge in [-0.1, -0.05) is 17.7 Å². The van der Waals surface area contributed by atoms with Crippen molar-refractivity contribution in [3.8, 4) is 5.75 Å². The van der Waals surface area contributed by atoms with E-state index < -0.39 is 10.0 Å². The van der Waals surface area contributed by atoms with Gasteiger partial charge < -0.3 is 9.84 Å². The van der Waals surface area contributed by atoms with Gasteiger partial charge in [-0.15, -0.1) is 0 Å². The molecular weight excluding hydrogens is 316 g/mol. The van der Waals surface area contributed by atoms with E-state index in [1.54, 1.807) is 6.07 Å². The molecule has 2 aromatic rings. The second-order valence-electron chi connectivity index (χ2n) is 4.11. The molecule has 0 aliphatic rings. The molecule has 0 fully saturated rings. The smallest absolute Gasteiger partial charge is 0.279 e. The molecule has 0 radical (unpaired) electrons. The fourth-order valence-electron chi connectivity index (χ4n) is 1.57. The van der Waals surface area contributed by atoms with Gasteiger partial charge in [0.2, 0.25) is 0 Å². The zero-order valence-electron chi connectivity index (χ0n) is 11.1. The third-order valence-electron chi connectivity index (χ3n) is 2.67. The lowest BCUT2D eigenvalue weighted by molar-refractivity contribution is 0.281. The van der Waals surface area contributed by atoms with Crippen LogP contribution in [0.2, 0.25) is 5.02 Å². The molecule has 112 valence electrons. The van der Waals surface area contributed by atoms with E-state index in [0.717, 1.165) is 0 Å². The van der Waals surface area contributed by atoms with E-state index in [1.807, 2.05) is 0 Å². The first-order valence-corrected chi connectivity index (χ1v) is 7.74. The maximum atomic E-state index is 12.2. The highest BCUT2D eigenvalue weighted by Gasteiger charge is 2.17. The molecule has 6 nitrogen and oxygen atoms in total. The number of benzene rings is 1. The van der Waals surface area contributed by atoms with Crippen LogP contribution in [0.25, 0.3) is 0 Å². The molecule has 0 unspecified atom stereocenters. The molecule has 0 atom stereocenters. The van der Waals surface area contributed by atoms with Gasteiger partial charge >= 0.3 is 0 Å². The maximum absolute atomic E-state index is 12.2. The SMILES string of the molecule is COc1ccc(Cl)c(NS(=O)(=O)c2ccc(CO)cn2)c1. The van der Waals surface area contributed by atoms with E-state index in [-0.39, 0.29) is 22.3 Å². The van der Waals surface area contributed by atoms with E-state index >= 15 is 0 Å². The first-order chi connectivity index (χ1) is 9.96. The molecule has 8 heteroatoms. The van der Waals surface area contributed by atoms with Crippen molar-refractivity contribution < 1.29 is 18.3 Å². The Morgan fingerprint density at radius 1 is 1.33 bits per heavy atom. The molecule has 2 N–H and O–H groups in total. The third-order valence-corrected chi connectivity index (χ3v) is 4.28. The summed E-state index contributed by atoms with van der Waals surface area (Å²) in [5, 5.41) is 9.00. The quantitative estimate of drug-likeness (QED) is 0.876. The molecule has 0 saturated heterocycles. The van der Waals surface area contributed by atoms with Crippen molar-refractivity contribution in [2.45, 2.75) is 11.6 Å². The van der Waals surface area contributed by atoms with E-state index in [4.69, 9.17) is 21.4 Å². The van der Waals surface area contributed by atoms with Crippen molar-refractivity contribution >= 4 is 27.3 Å². The Morgan fingerprint density at radius 2 is 2.10 bits per heavy atom. The number of ether oxygens (including phenoxy) is 1. The van der Waals surface area contributed by atoms with Gasteiger partial charge in [0.05, 0.1) is 24.4 Å². The number of sulfonamides is 1. The van der Waals surface area contributed by atoms with Crippen LogP contribution in [-0.4, -0.2) is 25.6 Å². The summed E-state index contributed by atoms with van der Waals surface area (Å²) in [6.45, 7) is -0.206. The summed E-state index contributed by atoms with van der Waals surface area (Å²) < 4.78 is 31.8. The first-order valence-electron chi connectivity index (χ1n) is 5.88. The van der Waals surface area contributed by atoms with Crippen LogP contribution < -0.4 is 9.46 Å².